The van der Waals surface area contributed by atoms with Crippen molar-refractivity contribution < 1.29 is 14.3 Å². The molecular formula is C18H16ClNO3. The highest BCUT2D eigenvalue weighted by Gasteiger charge is 2.39. The molecule has 1 aliphatic rings. The number of halogens is 1. The highest BCUT2D eigenvalue weighted by Crippen LogP contribution is 2.30. The van der Waals surface area contributed by atoms with Crippen LogP contribution >= 0.6 is 11.6 Å². The lowest BCUT2D eigenvalue weighted by molar-refractivity contribution is -0.122. The number of imide groups is 1. The molecule has 118 valence electrons. The Morgan fingerprint density at radius 2 is 1.74 bits per heavy atom. The van der Waals surface area contributed by atoms with Gasteiger partial charge in [0.25, 0.3) is 0 Å². The van der Waals surface area contributed by atoms with Crippen LogP contribution in [0, 0.1) is 5.92 Å². The Bertz CT molecular complexity index is 725. The number of amides is 2. The molecule has 3 rings (SSSR count). The molecule has 1 heterocycles. The molecule has 0 bridgehead atoms. The first-order chi connectivity index (χ1) is 11.1. The first kappa shape index (κ1) is 15.6. The van der Waals surface area contributed by atoms with E-state index < -0.39 is 0 Å². The molecule has 0 unspecified atom stereocenters. The minimum absolute atomic E-state index is 0.157. The van der Waals surface area contributed by atoms with E-state index in [-0.39, 0.29) is 24.2 Å². The number of rotatable bonds is 4. The Labute approximate surface area is 139 Å². The van der Waals surface area contributed by atoms with Crippen LogP contribution in [0.1, 0.15) is 12.0 Å². The summed E-state index contributed by atoms with van der Waals surface area (Å²) in [7, 11) is 1.57. The summed E-state index contributed by atoms with van der Waals surface area (Å²) in [6.07, 6.45) is 0.766. The lowest BCUT2D eigenvalue weighted by Gasteiger charge is -2.15. The minimum Gasteiger partial charge on any atom is -0.497 e. The Morgan fingerprint density at radius 1 is 1.09 bits per heavy atom. The van der Waals surface area contributed by atoms with Crippen molar-refractivity contribution in [2.75, 3.05) is 12.0 Å². The van der Waals surface area contributed by atoms with E-state index in [4.69, 9.17) is 16.3 Å². The van der Waals surface area contributed by atoms with Gasteiger partial charge in [0.15, 0.2) is 0 Å². The van der Waals surface area contributed by atoms with Gasteiger partial charge in [-0.05, 0) is 48.4 Å². The zero-order chi connectivity index (χ0) is 16.4. The van der Waals surface area contributed by atoms with E-state index in [1.54, 1.807) is 43.5 Å². The maximum atomic E-state index is 12.6. The molecule has 2 aromatic carbocycles. The van der Waals surface area contributed by atoms with Gasteiger partial charge in [-0.15, -0.1) is 0 Å². The topological polar surface area (TPSA) is 46.6 Å². The van der Waals surface area contributed by atoms with E-state index in [2.05, 4.69) is 0 Å². The normalized spacial score (nSPS) is 17.7. The van der Waals surface area contributed by atoms with Crippen LogP contribution in [0.5, 0.6) is 5.75 Å². The van der Waals surface area contributed by atoms with Crippen molar-refractivity contribution in [3.05, 3.63) is 59.1 Å². The van der Waals surface area contributed by atoms with E-state index in [1.807, 2.05) is 12.1 Å². The van der Waals surface area contributed by atoms with Crippen molar-refractivity contribution >= 4 is 29.1 Å². The molecule has 2 amide bonds. The number of hydrogen-bond donors (Lipinski definition) is 0. The summed E-state index contributed by atoms with van der Waals surface area (Å²) in [5, 5.41) is 0.655. The van der Waals surface area contributed by atoms with Crippen LogP contribution in [-0.2, 0) is 16.0 Å². The molecule has 2 aromatic rings. The SMILES string of the molecule is COc1ccc(N2C(=O)C[C@H](Cc3ccc(Cl)cc3)C2=O)cc1. The highest BCUT2D eigenvalue weighted by atomic mass is 35.5. The Kier molecular flexibility index (Phi) is 4.35. The first-order valence-corrected chi connectivity index (χ1v) is 7.71. The third-order valence-corrected chi connectivity index (χ3v) is 4.22. The number of methoxy groups -OCH3 is 1. The van der Waals surface area contributed by atoms with E-state index in [0.717, 1.165) is 5.56 Å². The van der Waals surface area contributed by atoms with Gasteiger partial charge in [0.2, 0.25) is 11.8 Å². The fourth-order valence-electron chi connectivity index (χ4n) is 2.76. The number of carbonyl (C=O) groups excluding carboxylic acids is 2. The van der Waals surface area contributed by atoms with Crippen LogP contribution in [0.15, 0.2) is 48.5 Å². The largest absolute Gasteiger partial charge is 0.497 e. The predicted molar refractivity (Wildman–Crippen MR) is 88.8 cm³/mol. The Balaban J connectivity index is 1.77. The monoisotopic (exact) mass is 329 g/mol. The lowest BCUT2D eigenvalue weighted by atomic mass is 9.98. The molecule has 0 spiro atoms. The van der Waals surface area contributed by atoms with Crippen molar-refractivity contribution in [3.63, 3.8) is 0 Å². The summed E-state index contributed by atoms with van der Waals surface area (Å²) in [5.74, 6) is 0.0329. The zero-order valence-electron chi connectivity index (χ0n) is 12.7. The van der Waals surface area contributed by atoms with Crippen molar-refractivity contribution in [2.24, 2.45) is 5.92 Å². The minimum atomic E-state index is -0.328. The van der Waals surface area contributed by atoms with Gasteiger partial charge in [0.1, 0.15) is 5.75 Å². The molecule has 1 atom stereocenters. The molecule has 0 saturated carbocycles. The van der Waals surface area contributed by atoms with Gasteiger partial charge in [-0.3, -0.25) is 14.5 Å². The van der Waals surface area contributed by atoms with Gasteiger partial charge in [-0.25, -0.2) is 0 Å². The smallest absolute Gasteiger partial charge is 0.237 e. The second kappa shape index (κ2) is 6.42. The van der Waals surface area contributed by atoms with Crippen LogP contribution in [-0.4, -0.2) is 18.9 Å². The van der Waals surface area contributed by atoms with Crippen LogP contribution in [0.3, 0.4) is 0 Å². The second-order valence-electron chi connectivity index (χ2n) is 5.50. The predicted octanol–water partition coefficient (Wildman–Crippen LogP) is 3.47. The lowest BCUT2D eigenvalue weighted by Crippen LogP contribution is -2.30. The maximum Gasteiger partial charge on any atom is 0.237 e. The summed E-state index contributed by atoms with van der Waals surface area (Å²) < 4.78 is 5.10. The summed E-state index contributed by atoms with van der Waals surface area (Å²) in [5.41, 5.74) is 1.58. The summed E-state index contributed by atoms with van der Waals surface area (Å²) >= 11 is 5.87. The summed E-state index contributed by atoms with van der Waals surface area (Å²) in [6, 6.07) is 14.3. The van der Waals surface area contributed by atoms with Gasteiger partial charge < -0.3 is 4.74 Å². The van der Waals surface area contributed by atoms with Crippen LogP contribution in [0.25, 0.3) is 0 Å². The van der Waals surface area contributed by atoms with Gasteiger partial charge in [0, 0.05) is 11.4 Å². The number of benzene rings is 2. The molecule has 4 nitrogen and oxygen atoms in total. The fourth-order valence-corrected chi connectivity index (χ4v) is 2.89. The molecule has 1 saturated heterocycles. The second-order valence-corrected chi connectivity index (χ2v) is 5.93. The van der Waals surface area contributed by atoms with E-state index in [9.17, 15) is 9.59 Å². The van der Waals surface area contributed by atoms with Crippen molar-refractivity contribution in [2.45, 2.75) is 12.8 Å². The maximum absolute atomic E-state index is 12.6. The van der Waals surface area contributed by atoms with E-state index >= 15 is 0 Å². The third kappa shape index (κ3) is 3.22. The Morgan fingerprint density at radius 3 is 2.35 bits per heavy atom. The summed E-state index contributed by atoms with van der Waals surface area (Å²) in [4.78, 5) is 26.1. The summed E-state index contributed by atoms with van der Waals surface area (Å²) in [6.45, 7) is 0. The number of ether oxygens (including phenoxy) is 1. The van der Waals surface area contributed by atoms with Gasteiger partial charge in [-0.1, -0.05) is 23.7 Å². The van der Waals surface area contributed by atoms with Crippen molar-refractivity contribution in [1.82, 2.24) is 0 Å². The first-order valence-electron chi connectivity index (χ1n) is 7.34. The Hall–Kier alpha value is -2.33. The van der Waals surface area contributed by atoms with E-state index in [1.165, 1.54) is 4.90 Å². The van der Waals surface area contributed by atoms with Gasteiger partial charge >= 0.3 is 0 Å². The molecule has 0 aliphatic carbocycles. The molecule has 0 N–H and O–H groups in total. The highest BCUT2D eigenvalue weighted by molar-refractivity contribution is 6.30. The zero-order valence-corrected chi connectivity index (χ0v) is 13.4. The molecule has 1 aliphatic heterocycles. The average molecular weight is 330 g/mol. The van der Waals surface area contributed by atoms with Crippen molar-refractivity contribution in [1.29, 1.82) is 0 Å². The number of nitrogens with zero attached hydrogens (tertiary/aromatic N) is 1. The molecule has 0 aromatic heterocycles. The fraction of sp³-hybridized carbons (Fsp3) is 0.222. The molecule has 0 radical (unpaired) electrons. The number of anilines is 1. The van der Waals surface area contributed by atoms with E-state index in [0.29, 0.717) is 22.9 Å². The number of hydrogen-bond acceptors (Lipinski definition) is 3. The molecular weight excluding hydrogens is 314 g/mol. The molecule has 23 heavy (non-hydrogen) atoms. The van der Waals surface area contributed by atoms with Crippen molar-refractivity contribution in [3.8, 4) is 5.75 Å². The molecule has 5 heteroatoms. The van der Waals surface area contributed by atoms with Gasteiger partial charge in [-0.2, -0.15) is 0 Å². The average Bonchev–Trinajstić information content (AvgIpc) is 2.84. The number of carbonyl (C=O) groups is 2. The third-order valence-electron chi connectivity index (χ3n) is 3.97. The van der Waals surface area contributed by atoms with Crippen LogP contribution in [0.4, 0.5) is 5.69 Å². The van der Waals surface area contributed by atoms with Crippen LogP contribution < -0.4 is 9.64 Å². The van der Waals surface area contributed by atoms with Gasteiger partial charge in [0.05, 0.1) is 18.7 Å². The molecule has 1 fully saturated rings. The standard InChI is InChI=1S/C18H16ClNO3/c1-23-16-8-6-15(7-9-16)20-17(21)11-13(18(20)22)10-12-2-4-14(19)5-3-12/h2-9,13H,10-11H2,1H3/t13-/m0/s1. The quantitative estimate of drug-likeness (QED) is 0.807. The van der Waals surface area contributed by atoms with Crippen LogP contribution in [0.2, 0.25) is 5.02 Å².